The van der Waals surface area contributed by atoms with E-state index in [4.69, 9.17) is 25.8 Å². The molecule has 2 aromatic carbocycles. The number of fused-ring (bicyclic) bond motifs is 1. The van der Waals surface area contributed by atoms with Crippen LogP contribution in [0.5, 0.6) is 11.5 Å². The van der Waals surface area contributed by atoms with E-state index in [0.29, 0.717) is 33.1 Å². The Labute approximate surface area is 198 Å². The number of benzene rings is 2. The van der Waals surface area contributed by atoms with E-state index in [1.54, 1.807) is 84.1 Å². The molecular weight excluding hydrogens is 444 g/mol. The summed E-state index contributed by atoms with van der Waals surface area (Å²) in [6.45, 7) is 10.4. The van der Waals surface area contributed by atoms with E-state index in [0.717, 1.165) is 4.90 Å². The number of nitrogens with zero attached hydrogens (tertiary/aromatic N) is 2. The summed E-state index contributed by atoms with van der Waals surface area (Å²) in [5.41, 5.74) is -1.30. The number of halogens is 1. The summed E-state index contributed by atoms with van der Waals surface area (Å²) in [5.74, 6) is 1.02. The molecule has 174 valence electrons. The van der Waals surface area contributed by atoms with Gasteiger partial charge < -0.3 is 14.2 Å². The molecule has 0 saturated heterocycles. The Morgan fingerprint density at radius 3 is 1.97 bits per heavy atom. The monoisotopic (exact) mass is 470 g/mol. The Morgan fingerprint density at radius 1 is 0.848 bits per heavy atom. The third kappa shape index (κ3) is 6.35. The lowest BCUT2D eigenvalue weighted by Gasteiger charge is -2.29. The number of carbonyl (C=O) groups is 2. The SMILES string of the molecule is CC(C)(C)OC(=O)N(C(=O)OC(C)(C)C)c1ccc(Oc2ccnc(Cl)c2)c2ccccc12. The molecule has 0 bridgehead atoms. The topological polar surface area (TPSA) is 78.0 Å². The van der Waals surface area contributed by atoms with Gasteiger partial charge in [0.1, 0.15) is 27.9 Å². The fourth-order valence-electron chi connectivity index (χ4n) is 3.00. The van der Waals surface area contributed by atoms with Gasteiger partial charge in [0.25, 0.3) is 0 Å². The van der Waals surface area contributed by atoms with Gasteiger partial charge in [-0.3, -0.25) is 0 Å². The molecule has 2 amide bonds. The first kappa shape index (κ1) is 24.3. The number of hydrogen-bond donors (Lipinski definition) is 0. The van der Waals surface area contributed by atoms with Crippen molar-refractivity contribution in [3.05, 3.63) is 59.9 Å². The van der Waals surface area contributed by atoms with Gasteiger partial charge in [0.05, 0.1) is 5.69 Å². The van der Waals surface area contributed by atoms with Crippen molar-refractivity contribution in [1.29, 1.82) is 0 Å². The van der Waals surface area contributed by atoms with Crippen LogP contribution >= 0.6 is 11.6 Å². The Morgan fingerprint density at radius 2 is 1.42 bits per heavy atom. The molecule has 0 atom stereocenters. The summed E-state index contributed by atoms with van der Waals surface area (Å²) in [6.07, 6.45) is -0.131. The third-order valence-electron chi connectivity index (χ3n) is 4.18. The van der Waals surface area contributed by atoms with Crippen molar-refractivity contribution in [2.24, 2.45) is 0 Å². The molecule has 0 radical (unpaired) electrons. The number of anilines is 1. The van der Waals surface area contributed by atoms with Crippen LogP contribution in [-0.2, 0) is 9.47 Å². The van der Waals surface area contributed by atoms with Crippen LogP contribution in [0.1, 0.15) is 41.5 Å². The minimum atomic E-state index is -0.837. The average Bonchev–Trinajstić information content (AvgIpc) is 2.67. The maximum absolute atomic E-state index is 13.1. The predicted octanol–water partition coefficient (Wildman–Crippen LogP) is 7.36. The van der Waals surface area contributed by atoms with E-state index >= 15 is 0 Å². The molecule has 0 saturated carbocycles. The molecule has 0 N–H and O–H groups in total. The molecule has 3 aromatic rings. The van der Waals surface area contributed by atoms with E-state index in [1.807, 2.05) is 12.1 Å². The third-order valence-corrected chi connectivity index (χ3v) is 4.39. The zero-order valence-corrected chi connectivity index (χ0v) is 20.3. The van der Waals surface area contributed by atoms with Gasteiger partial charge in [-0.15, -0.1) is 0 Å². The first-order chi connectivity index (χ1) is 15.3. The molecule has 0 fully saturated rings. The van der Waals surface area contributed by atoms with Gasteiger partial charge in [-0.2, -0.15) is 4.90 Å². The van der Waals surface area contributed by atoms with Crippen molar-refractivity contribution in [3.63, 3.8) is 0 Å². The van der Waals surface area contributed by atoms with Crippen molar-refractivity contribution in [2.45, 2.75) is 52.7 Å². The molecule has 0 aliphatic carbocycles. The van der Waals surface area contributed by atoms with E-state index in [-0.39, 0.29) is 0 Å². The highest BCUT2D eigenvalue weighted by Gasteiger charge is 2.33. The summed E-state index contributed by atoms with van der Waals surface area (Å²) < 4.78 is 17.0. The van der Waals surface area contributed by atoms with Gasteiger partial charge in [0.15, 0.2) is 0 Å². The Hall–Kier alpha value is -3.32. The summed E-state index contributed by atoms with van der Waals surface area (Å²) in [6, 6.07) is 13.8. The summed E-state index contributed by atoms with van der Waals surface area (Å²) in [7, 11) is 0. The number of ether oxygens (including phenoxy) is 3. The lowest BCUT2D eigenvalue weighted by molar-refractivity contribution is 0.0431. The summed E-state index contributed by atoms with van der Waals surface area (Å²) in [4.78, 5) is 31.1. The molecule has 0 aliphatic rings. The second-order valence-corrected chi connectivity index (χ2v) is 9.73. The largest absolute Gasteiger partial charge is 0.457 e. The molecule has 0 unspecified atom stereocenters. The van der Waals surface area contributed by atoms with Crippen molar-refractivity contribution >= 4 is 40.2 Å². The van der Waals surface area contributed by atoms with Gasteiger partial charge in [-0.25, -0.2) is 14.6 Å². The molecule has 1 heterocycles. The van der Waals surface area contributed by atoms with E-state index < -0.39 is 23.4 Å². The maximum Gasteiger partial charge on any atom is 0.424 e. The van der Waals surface area contributed by atoms with Gasteiger partial charge in [0, 0.05) is 23.0 Å². The van der Waals surface area contributed by atoms with Crippen LogP contribution < -0.4 is 9.64 Å². The van der Waals surface area contributed by atoms with Crippen molar-refractivity contribution in [1.82, 2.24) is 4.98 Å². The molecule has 8 heteroatoms. The number of carbonyl (C=O) groups excluding carboxylic acids is 2. The molecule has 3 rings (SSSR count). The van der Waals surface area contributed by atoms with E-state index in [2.05, 4.69) is 4.98 Å². The summed E-state index contributed by atoms with van der Waals surface area (Å²) in [5, 5.41) is 1.58. The molecule has 0 spiro atoms. The van der Waals surface area contributed by atoms with E-state index in [9.17, 15) is 9.59 Å². The Bertz CT molecular complexity index is 1150. The maximum atomic E-state index is 13.1. The van der Waals surface area contributed by atoms with Crippen LogP contribution in [0.25, 0.3) is 10.8 Å². The molecular formula is C25H27ClN2O5. The smallest absolute Gasteiger partial charge is 0.424 e. The number of hydrogen-bond acceptors (Lipinski definition) is 6. The second kappa shape index (κ2) is 9.27. The van der Waals surface area contributed by atoms with Crippen LogP contribution in [0.4, 0.5) is 15.3 Å². The number of imide groups is 1. The first-order valence-electron chi connectivity index (χ1n) is 10.4. The standard InChI is InChI=1S/C25H27ClN2O5/c1-24(2,3)32-22(29)28(23(30)33-25(4,5)6)19-11-12-20(18-10-8-7-9-17(18)19)31-16-13-14-27-21(26)15-16/h7-15H,1-6H3. The normalized spacial score (nSPS) is 11.7. The van der Waals surface area contributed by atoms with Gasteiger partial charge in [-0.05, 0) is 59.7 Å². The highest BCUT2D eigenvalue weighted by atomic mass is 35.5. The molecule has 33 heavy (non-hydrogen) atoms. The van der Waals surface area contributed by atoms with Gasteiger partial charge in [-0.1, -0.05) is 35.9 Å². The fraction of sp³-hybridized carbons (Fsp3) is 0.320. The fourth-order valence-corrected chi connectivity index (χ4v) is 3.16. The van der Waals surface area contributed by atoms with Gasteiger partial charge >= 0.3 is 12.2 Å². The van der Waals surface area contributed by atoms with Crippen LogP contribution in [0.2, 0.25) is 5.15 Å². The number of pyridine rings is 1. The predicted molar refractivity (Wildman–Crippen MR) is 128 cm³/mol. The number of aromatic nitrogens is 1. The quantitative estimate of drug-likeness (QED) is 0.372. The van der Waals surface area contributed by atoms with Crippen LogP contribution in [0, 0.1) is 0 Å². The zero-order chi connectivity index (χ0) is 24.4. The minimum Gasteiger partial charge on any atom is -0.457 e. The van der Waals surface area contributed by atoms with E-state index in [1.165, 1.54) is 0 Å². The first-order valence-corrected chi connectivity index (χ1v) is 10.8. The highest BCUT2D eigenvalue weighted by Crippen LogP contribution is 2.37. The van der Waals surface area contributed by atoms with Crippen molar-refractivity contribution in [2.75, 3.05) is 4.90 Å². The lowest BCUT2D eigenvalue weighted by atomic mass is 10.1. The van der Waals surface area contributed by atoms with Crippen LogP contribution in [0.3, 0.4) is 0 Å². The second-order valence-electron chi connectivity index (χ2n) is 9.34. The molecule has 1 aromatic heterocycles. The van der Waals surface area contributed by atoms with Crippen LogP contribution in [0.15, 0.2) is 54.7 Å². The Balaban J connectivity index is 2.11. The molecule has 7 nitrogen and oxygen atoms in total. The summed E-state index contributed by atoms with van der Waals surface area (Å²) >= 11 is 5.97. The highest BCUT2D eigenvalue weighted by molar-refractivity contribution is 6.29. The van der Waals surface area contributed by atoms with Gasteiger partial charge in [0.2, 0.25) is 0 Å². The van der Waals surface area contributed by atoms with Crippen molar-refractivity contribution < 1.29 is 23.8 Å². The average molecular weight is 471 g/mol. The zero-order valence-electron chi connectivity index (χ0n) is 19.5. The minimum absolute atomic E-state index is 0.300. The Kier molecular flexibility index (Phi) is 6.84. The number of rotatable bonds is 3. The lowest BCUT2D eigenvalue weighted by Crippen LogP contribution is -2.43. The van der Waals surface area contributed by atoms with Crippen molar-refractivity contribution in [3.8, 4) is 11.5 Å². The van der Waals surface area contributed by atoms with Crippen LogP contribution in [-0.4, -0.2) is 28.4 Å². The number of amides is 2. The molecule has 0 aliphatic heterocycles.